The smallest absolute Gasteiger partial charge is 0.407 e. The zero-order valence-electron chi connectivity index (χ0n) is 44.4. The number of likely N-dealkylation sites (tertiary alicyclic amines) is 1. The highest BCUT2D eigenvalue weighted by atomic mass is 16.6. The summed E-state index contributed by atoms with van der Waals surface area (Å²) in [6, 6.07) is 23.6. The van der Waals surface area contributed by atoms with Crippen molar-refractivity contribution in [2.45, 2.75) is 155 Å². The second-order valence-electron chi connectivity index (χ2n) is 21.4. The molecule has 0 unspecified atom stereocenters. The summed E-state index contributed by atoms with van der Waals surface area (Å²) in [6.45, 7) is 18.7. The molecule has 5 rings (SSSR count). The Hall–Kier alpha value is -5.60. The van der Waals surface area contributed by atoms with Gasteiger partial charge in [0.2, 0.25) is 17.7 Å². The average Bonchev–Trinajstić information content (AvgIpc) is 3.94. The highest BCUT2D eigenvalue weighted by Gasteiger charge is 2.44. The number of nitrogens with zero attached hydrogens (tertiary/aromatic N) is 2. The van der Waals surface area contributed by atoms with Gasteiger partial charge in [-0.1, -0.05) is 120 Å². The van der Waals surface area contributed by atoms with Crippen LogP contribution < -0.4 is 10.6 Å². The predicted octanol–water partition coefficient (Wildman–Crippen LogP) is 8.52. The van der Waals surface area contributed by atoms with Crippen LogP contribution in [0.5, 0.6) is 0 Å². The van der Waals surface area contributed by atoms with Crippen LogP contribution in [0.1, 0.15) is 124 Å². The molecule has 2 N–H and O–H groups in total. The first-order chi connectivity index (χ1) is 33.5. The summed E-state index contributed by atoms with van der Waals surface area (Å²) in [7, 11) is 4.77. The Labute approximate surface area is 422 Å². The maximum atomic E-state index is 14.7. The molecule has 0 bridgehead atoms. The molecule has 4 amide bonds. The third-order valence-electron chi connectivity index (χ3n) is 14.5. The van der Waals surface area contributed by atoms with Crippen molar-refractivity contribution in [3.63, 3.8) is 0 Å². The van der Waals surface area contributed by atoms with Gasteiger partial charge in [0.05, 0.1) is 42.2 Å². The van der Waals surface area contributed by atoms with Crippen LogP contribution in [0.2, 0.25) is 0 Å². The maximum absolute atomic E-state index is 14.7. The lowest BCUT2D eigenvalue weighted by molar-refractivity contribution is -0.159. The molecule has 388 valence electrons. The first-order valence-electron chi connectivity index (χ1n) is 25.4. The van der Waals surface area contributed by atoms with Crippen LogP contribution >= 0.6 is 0 Å². The van der Waals surface area contributed by atoms with Crippen LogP contribution in [-0.4, -0.2) is 121 Å². The van der Waals surface area contributed by atoms with E-state index in [0.717, 1.165) is 27.8 Å². The number of carbonyl (C=O) groups is 6. The van der Waals surface area contributed by atoms with Crippen molar-refractivity contribution >= 4 is 35.6 Å². The second-order valence-corrected chi connectivity index (χ2v) is 21.4. The number of nitrogens with one attached hydrogen (secondary N) is 2. The Morgan fingerprint density at radius 1 is 0.803 bits per heavy atom. The number of ketones is 1. The number of likely N-dealkylation sites (N-methyl/N-ethyl adjacent to an activating group) is 1. The monoisotopic (exact) mass is 981 g/mol. The van der Waals surface area contributed by atoms with Gasteiger partial charge in [-0.3, -0.25) is 19.2 Å². The Kier molecular flexibility index (Phi) is 19.6. The molecule has 1 saturated heterocycles. The van der Waals surface area contributed by atoms with Crippen LogP contribution in [0.3, 0.4) is 0 Å². The molecule has 1 aliphatic heterocycles. The molecule has 14 heteroatoms. The van der Waals surface area contributed by atoms with Gasteiger partial charge in [-0.2, -0.15) is 0 Å². The lowest BCUT2D eigenvalue weighted by atomic mass is 9.83. The number of hydrogen-bond donors (Lipinski definition) is 2. The van der Waals surface area contributed by atoms with Crippen LogP contribution in [0.25, 0.3) is 11.1 Å². The van der Waals surface area contributed by atoms with E-state index >= 15 is 0 Å². The van der Waals surface area contributed by atoms with Crippen molar-refractivity contribution in [1.29, 1.82) is 0 Å². The van der Waals surface area contributed by atoms with Gasteiger partial charge in [0.1, 0.15) is 18.2 Å². The van der Waals surface area contributed by atoms with E-state index in [2.05, 4.69) is 22.8 Å². The molecule has 71 heavy (non-hydrogen) atoms. The van der Waals surface area contributed by atoms with E-state index in [0.29, 0.717) is 25.8 Å². The van der Waals surface area contributed by atoms with Gasteiger partial charge in [-0.25, -0.2) is 9.59 Å². The van der Waals surface area contributed by atoms with E-state index < -0.39 is 71.3 Å². The highest BCUT2D eigenvalue weighted by Crippen LogP contribution is 2.44. The summed E-state index contributed by atoms with van der Waals surface area (Å²) in [6.07, 6.45) is -0.0964. The fraction of sp³-hybridized carbons (Fsp3) is 0.579. The number of esters is 1. The molecular formula is C57H80N4O10. The van der Waals surface area contributed by atoms with Crippen molar-refractivity contribution in [2.24, 2.45) is 23.7 Å². The quantitative estimate of drug-likeness (QED) is 0.0879. The Bertz CT molecular complexity index is 2260. The molecule has 0 spiro atoms. The van der Waals surface area contributed by atoms with Gasteiger partial charge in [-0.15, -0.1) is 0 Å². The maximum Gasteiger partial charge on any atom is 0.407 e. The van der Waals surface area contributed by atoms with Crippen molar-refractivity contribution in [3.8, 4) is 11.1 Å². The Morgan fingerprint density at radius 2 is 1.39 bits per heavy atom. The number of rotatable bonds is 23. The molecule has 8 atom stereocenters. The van der Waals surface area contributed by atoms with Crippen molar-refractivity contribution < 1.29 is 47.7 Å². The number of amides is 4. The summed E-state index contributed by atoms with van der Waals surface area (Å²) >= 11 is 0. The molecular weight excluding hydrogens is 901 g/mol. The molecule has 1 fully saturated rings. The largest absolute Gasteiger partial charge is 0.458 e. The summed E-state index contributed by atoms with van der Waals surface area (Å²) in [5.74, 6) is -3.70. The molecule has 3 aromatic carbocycles. The first kappa shape index (κ1) is 56.3. The third-order valence-corrected chi connectivity index (χ3v) is 14.5. The molecule has 14 nitrogen and oxygen atoms in total. The molecule has 1 heterocycles. The van der Waals surface area contributed by atoms with Gasteiger partial charge >= 0.3 is 12.1 Å². The van der Waals surface area contributed by atoms with Crippen molar-refractivity contribution in [3.05, 3.63) is 95.6 Å². The van der Waals surface area contributed by atoms with Crippen LogP contribution in [0.4, 0.5) is 4.79 Å². The number of Topliss-reactive ketones (excluding diaryl/α,β-unsaturated/α-hetero) is 1. The molecule has 0 saturated carbocycles. The van der Waals surface area contributed by atoms with Crippen molar-refractivity contribution in [1.82, 2.24) is 20.4 Å². The molecule has 0 radical (unpaired) electrons. The zero-order chi connectivity index (χ0) is 52.4. The Morgan fingerprint density at radius 3 is 1.94 bits per heavy atom. The summed E-state index contributed by atoms with van der Waals surface area (Å²) in [4.78, 5) is 87.5. The summed E-state index contributed by atoms with van der Waals surface area (Å²) in [5.41, 5.74) is 3.12. The minimum absolute atomic E-state index is 0.0448. The van der Waals surface area contributed by atoms with Gasteiger partial charge in [0, 0.05) is 52.5 Å². The van der Waals surface area contributed by atoms with Gasteiger partial charge in [0.25, 0.3) is 0 Å². The van der Waals surface area contributed by atoms with Gasteiger partial charge in [0.15, 0.2) is 5.78 Å². The van der Waals surface area contributed by atoms with E-state index in [4.69, 9.17) is 18.9 Å². The fourth-order valence-electron chi connectivity index (χ4n) is 10.3. The standard InChI is InChI=1S/C57H80N4O10/c1-14-36(4)50(60(11)53(65)43(35(2)3)32-48(62)57(9,10)59-55(67)70-34-44-41-27-20-18-25-39(41)40-26-19-21-28-42(40)44)47(68-12)33-49(63)61-30-22-29-46(61)51(69-13)37(5)52(64)58-45(54(66)71-56(6,7)8)31-38-23-16-15-17-24-38/h15-21,23-28,35-37,43-47,50-51H,14,22,29-34H2,1-13H3,(H,58,64)(H,59,67)/t36-,37+,43-,45-,46-,47+,50-,51+/m0/s1. The highest BCUT2D eigenvalue weighted by molar-refractivity contribution is 5.94. The number of methoxy groups -OCH3 is 2. The lowest BCUT2D eigenvalue weighted by Gasteiger charge is -2.41. The topological polar surface area (TPSA) is 170 Å². The predicted molar refractivity (Wildman–Crippen MR) is 274 cm³/mol. The molecule has 1 aliphatic carbocycles. The van der Waals surface area contributed by atoms with Gasteiger partial charge < -0.3 is 39.4 Å². The number of fused-ring (bicyclic) bond motifs is 3. The zero-order valence-corrected chi connectivity index (χ0v) is 44.4. The number of alkyl carbamates (subject to hydrolysis) is 1. The van der Waals surface area contributed by atoms with E-state index in [9.17, 15) is 28.8 Å². The van der Waals surface area contributed by atoms with Crippen LogP contribution in [0.15, 0.2) is 78.9 Å². The summed E-state index contributed by atoms with van der Waals surface area (Å²) < 4.78 is 23.6. The fourth-order valence-corrected chi connectivity index (χ4v) is 10.3. The van der Waals surface area contributed by atoms with Crippen LogP contribution in [0, 0.1) is 23.7 Å². The lowest BCUT2D eigenvalue weighted by Crippen LogP contribution is -2.55. The third kappa shape index (κ3) is 14.1. The number of benzene rings is 3. The minimum atomic E-state index is -1.35. The number of ether oxygens (including phenoxy) is 4. The number of hydrogen-bond acceptors (Lipinski definition) is 10. The minimum Gasteiger partial charge on any atom is -0.458 e. The molecule has 2 aliphatic rings. The molecule has 3 aromatic rings. The Balaban J connectivity index is 1.24. The SMILES string of the molecule is CC[C@H](C)[C@@H]([C@@H](CC(=O)N1CCC[C@H]1[C@H](OC)[C@@H](C)C(=O)N[C@@H](Cc1ccccc1)C(=O)OC(C)(C)C)OC)N(C)C(=O)[C@@H](CC(=O)C(C)(C)NC(=O)OCC1c2ccccc2-c2ccccc21)C(C)C. The van der Waals surface area contributed by atoms with Gasteiger partial charge in [-0.05, 0) is 87.1 Å². The van der Waals surface area contributed by atoms with E-state index in [1.54, 1.807) is 58.4 Å². The average molecular weight is 981 g/mol. The summed E-state index contributed by atoms with van der Waals surface area (Å²) in [5, 5.41) is 5.71. The van der Waals surface area contributed by atoms with Crippen LogP contribution in [-0.2, 0) is 49.3 Å². The van der Waals surface area contributed by atoms with E-state index in [1.165, 1.54) is 14.2 Å². The van der Waals surface area contributed by atoms with E-state index in [1.807, 2.05) is 94.4 Å². The first-order valence-corrected chi connectivity index (χ1v) is 25.4. The number of carbonyl (C=O) groups excluding carboxylic acids is 6. The van der Waals surface area contributed by atoms with Crippen molar-refractivity contribution in [2.75, 3.05) is 34.4 Å². The molecule has 0 aromatic heterocycles. The normalized spacial score (nSPS) is 17.7. The second kappa shape index (κ2) is 24.7. The van der Waals surface area contributed by atoms with E-state index in [-0.39, 0.29) is 61.2 Å².